The molecule has 2 aliphatic heterocycles. The second-order valence-corrected chi connectivity index (χ2v) is 12.7. The molecule has 0 saturated carbocycles. The van der Waals surface area contributed by atoms with Crippen molar-refractivity contribution < 1.29 is 32.1 Å². The molecule has 2 aliphatic rings. The van der Waals surface area contributed by atoms with Crippen molar-refractivity contribution in [3.05, 3.63) is 106 Å². The van der Waals surface area contributed by atoms with Gasteiger partial charge in [0.2, 0.25) is 0 Å². The molecule has 47 heavy (non-hydrogen) atoms. The first kappa shape index (κ1) is 34.4. The lowest BCUT2D eigenvalue weighted by Crippen LogP contribution is -2.45. The standard InChI is InChI=1S/C32H32F3N5O5S.ClH/c33-32(34,35)25-5-1-24(2-6-25)22-46(43)29-11-3-23(4-12-29)19-37-15-17-38(18-16-37)26-7-9-27(10-8-26)44-21-28-13-14-39-20-30(40(41)42)36-31(39)45-28;/h1-12,20,28H,13-19,21-22H2;1H/t28-,46?;/m1./s1. The van der Waals surface area contributed by atoms with Crippen LogP contribution in [0.15, 0.2) is 83.9 Å². The minimum Gasteiger partial charge on any atom is -0.611 e. The highest BCUT2D eigenvalue weighted by Crippen LogP contribution is 2.30. The Labute approximate surface area is 278 Å². The van der Waals surface area contributed by atoms with Gasteiger partial charge < -0.3 is 29.0 Å². The van der Waals surface area contributed by atoms with E-state index in [1.165, 1.54) is 18.3 Å². The average molecular weight is 692 g/mol. The average Bonchev–Trinajstić information content (AvgIpc) is 3.49. The molecule has 1 aromatic heterocycles. The molecule has 0 N–H and O–H groups in total. The zero-order valence-electron chi connectivity index (χ0n) is 25.2. The Morgan fingerprint density at radius 1 is 0.936 bits per heavy atom. The van der Waals surface area contributed by atoms with Crippen molar-refractivity contribution in [1.82, 2.24) is 14.5 Å². The van der Waals surface area contributed by atoms with Crippen LogP contribution in [0.4, 0.5) is 24.7 Å². The van der Waals surface area contributed by atoms with E-state index in [4.69, 9.17) is 9.47 Å². The Balaban J connectivity index is 0.00000433. The van der Waals surface area contributed by atoms with E-state index in [2.05, 4.69) is 14.8 Å². The normalized spacial score (nSPS) is 17.3. The number of hydrogen-bond acceptors (Lipinski definition) is 8. The number of aryl methyl sites for hydroxylation is 1. The highest BCUT2D eigenvalue weighted by molar-refractivity contribution is 7.90. The van der Waals surface area contributed by atoms with Crippen molar-refractivity contribution in [2.75, 3.05) is 37.7 Å². The first-order chi connectivity index (χ1) is 22.1. The van der Waals surface area contributed by atoms with Gasteiger partial charge >= 0.3 is 18.0 Å². The summed E-state index contributed by atoms with van der Waals surface area (Å²) in [5.41, 5.74) is 2.09. The summed E-state index contributed by atoms with van der Waals surface area (Å²) in [7, 11) is 0. The molecule has 0 radical (unpaired) electrons. The van der Waals surface area contributed by atoms with E-state index in [1.807, 2.05) is 48.5 Å². The van der Waals surface area contributed by atoms with Gasteiger partial charge in [0.05, 0.1) is 5.56 Å². The van der Waals surface area contributed by atoms with E-state index in [0.717, 1.165) is 61.9 Å². The van der Waals surface area contributed by atoms with Crippen LogP contribution in [0.3, 0.4) is 0 Å². The highest BCUT2D eigenvalue weighted by Gasteiger charge is 2.30. The van der Waals surface area contributed by atoms with E-state index in [1.54, 1.807) is 4.57 Å². The summed E-state index contributed by atoms with van der Waals surface area (Å²) < 4.78 is 64.5. The van der Waals surface area contributed by atoms with Crippen LogP contribution < -0.4 is 14.4 Å². The zero-order chi connectivity index (χ0) is 32.3. The minimum absolute atomic E-state index is 0. The largest absolute Gasteiger partial charge is 0.611 e. The molecule has 2 atom stereocenters. The molecule has 0 amide bonds. The third-order valence-electron chi connectivity index (χ3n) is 8.06. The van der Waals surface area contributed by atoms with E-state index < -0.39 is 27.8 Å². The number of alkyl halides is 3. The fourth-order valence-corrected chi connectivity index (χ4v) is 6.57. The first-order valence-electron chi connectivity index (χ1n) is 14.8. The van der Waals surface area contributed by atoms with Crippen LogP contribution >= 0.6 is 12.4 Å². The SMILES string of the molecule is Cl.O=[N+]([O-])c1cn2c(n1)O[C@@H](COc1ccc(N3CCN(Cc4ccc([S+]([O-])Cc5ccc(C(F)(F)F)cc5)cc4)CC3)cc1)CC2. The van der Waals surface area contributed by atoms with Gasteiger partial charge in [0, 0.05) is 61.9 Å². The maximum atomic E-state index is 12.8. The number of nitro groups is 1. The van der Waals surface area contributed by atoms with Gasteiger partial charge in [-0.2, -0.15) is 13.2 Å². The Hall–Kier alpha value is -3.98. The van der Waals surface area contributed by atoms with Gasteiger partial charge in [0.15, 0.2) is 4.90 Å². The molecule has 10 nitrogen and oxygen atoms in total. The number of ether oxygens (including phenoxy) is 2. The predicted molar refractivity (Wildman–Crippen MR) is 173 cm³/mol. The van der Waals surface area contributed by atoms with Crippen LogP contribution in [0.5, 0.6) is 11.8 Å². The number of halogens is 4. The summed E-state index contributed by atoms with van der Waals surface area (Å²) in [6.45, 7) is 5.15. The zero-order valence-corrected chi connectivity index (χ0v) is 26.8. The molecular weight excluding hydrogens is 659 g/mol. The molecule has 250 valence electrons. The molecular formula is C32H33ClF3N5O5S. The first-order valence-corrected chi connectivity index (χ1v) is 16.1. The molecule has 3 heterocycles. The molecule has 15 heteroatoms. The predicted octanol–water partition coefficient (Wildman–Crippen LogP) is 6.09. The second-order valence-electron chi connectivity index (χ2n) is 11.3. The van der Waals surface area contributed by atoms with Crippen molar-refractivity contribution in [2.45, 2.75) is 42.4 Å². The lowest BCUT2D eigenvalue weighted by atomic mass is 10.1. The number of rotatable bonds is 10. The molecule has 1 unspecified atom stereocenters. The van der Waals surface area contributed by atoms with Crippen molar-refractivity contribution >= 4 is 35.1 Å². The number of anilines is 1. The summed E-state index contributed by atoms with van der Waals surface area (Å²) in [4.78, 5) is 19.7. The number of nitrogens with zero attached hydrogens (tertiary/aromatic N) is 5. The lowest BCUT2D eigenvalue weighted by molar-refractivity contribution is -0.389. The van der Waals surface area contributed by atoms with Crippen LogP contribution in [-0.4, -0.2) is 62.8 Å². The maximum absolute atomic E-state index is 12.8. The van der Waals surface area contributed by atoms with E-state index in [9.17, 15) is 27.8 Å². The number of imidazole rings is 1. The van der Waals surface area contributed by atoms with E-state index >= 15 is 0 Å². The molecule has 1 fully saturated rings. The van der Waals surface area contributed by atoms with E-state index in [0.29, 0.717) is 30.0 Å². The number of aromatic nitrogens is 2. The molecule has 1 saturated heterocycles. The summed E-state index contributed by atoms with van der Waals surface area (Å²) in [6.07, 6.45) is -2.59. The number of fused-ring (bicyclic) bond motifs is 1. The van der Waals surface area contributed by atoms with Crippen LogP contribution in [0.2, 0.25) is 0 Å². The van der Waals surface area contributed by atoms with Gasteiger partial charge in [-0.3, -0.25) is 9.47 Å². The van der Waals surface area contributed by atoms with Gasteiger partial charge in [-0.05, 0) is 70.2 Å². The molecule has 6 rings (SSSR count). The lowest BCUT2D eigenvalue weighted by Gasteiger charge is -2.36. The summed E-state index contributed by atoms with van der Waals surface area (Å²) in [6, 6.07) is 20.5. The third-order valence-corrected chi connectivity index (χ3v) is 9.45. The van der Waals surface area contributed by atoms with Gasteiger partial charge in [-0.25, -0.2) is 0 Å². The van der Waals surface area contributed by atoms with Gasteiger partial charge in [0.1, 0.15) is 30.4 Å². The quantitative estimate of drug-likeness (QED) is 0.112. The monoisotopic (exact) mass is 691 g/mol. The molecule has 0 bridgehead atoms. The number of benzene rings is 3. The van der Waals surface area contributed by atoms with Crippen LogP contribution in [0.25, 0.3) is 0 Å². The van der Waals surface area contributed by atoms with Crippen molar-refractivity contribution in [2.24, 2.45) is 0 Å². The van der Waals surface area contributed by atoms with Gasteiger partial charge in [0.25, 0.3) is 0 Å². The fraction of sp³-hybridized carbons (Fsp3) is 0.344. The van der Waals surface area contributed by atoms with Crippen LogP contribution in [0.1, 0.15) is 23.1 Å². The van der Waals surface area contributed by atoms with Gasteiger partial charge in [-0.15, -0.1) is 12.4 Å². The van der Waals surface area contributed by atoms with Crippen molar-refractivity contribution in [3.8, 4) is 11.8 Å². The Bertz CT molecular complexity index is 1630. The molecule has 4 aromatic rings. The van der Waals surface area contributed by atoms with Gasteiger partial charge in [-0.1, -0.05) is 24.3 Å². The topological polar surface area (TPSA) is 109 Å². The van der Waals surface area contributed by atoms with Crippen molar-refractivity contribution in [1.29, 1.82) is 0 Å². The highest BCUT2D eigenvalue weighted by atomic mass is 35.5. The smallest absolute Gasteiger partial charge is 0.416 e. The number of hydrogen-bond donors (Lipinski definition) is 0. The van der Waals surface area contributed by atoms with Crippen LogP contribution in [0, 0.1) is 10.1 Å². The van der Waals surface area contributed by atoms with Crippen molar-refractivity contribution in [3.63, 3.8) is 0 Å². The third kappa shape index (κ3) is 8.69. The summed E-state index contributed by atoms with van der Waals surface area (Å²) >= 11 is -1.36. The maximum Gasteiger partial charge on any atom is 0.416 e. The second kappa shape index (κ2) is 14.8. The minimum atomic E-state index is -4.39. The Kier molecular flexibility index (Phi) is 10.8. The van der Waals surface area contributed by atoms with E-state index in [-0.39, 0.29) is 36.1 Å². The molecule has 0 spiro atoms. The number of piperazine rings is 1. The molecule has 3 aromatic carbocycles. The summed E-state index contributed by atoms with van der Waals surface area (Å²) in [5, 5.41) is 11.0. The Morgan fingerprint density at radius 3 is 2.23 bits per heavy atom. The van der Waals surface area contributed by atoms with Crippen LogP contribution in [-0.2, 0) is 36.2 Å². The Morgan fingerprint density at radius 2 is 1.60 bits per heavy atom. The fourth-order valence-electron chi connectivity index (χ4n) is 5.47. The molecule has 0 aliphatic carbocycles. The summed E-state index contributed by atoms with van der Waals surface area (Å²) in [5.74, 6) is 0.647.